The molecule has 2 aromatic heterocycles. The average Bonchev–Trinajstić information content (AvgIpc) is 2.97. The van der Waals surface area contributed by atoms with Crippen LogP contribution in [0.5, 0.6) is 0 Å². The van der Waals surface area contributed by atoms with Gasteiger partial charge < -0.3 is 14.8 Å². The topological polar surface area (TPSA) is 58.3 Å². The average molecular weight is 266 g/mol. The second-order valence-corrected chi connectivity index (χ2v) is 5.35. The number of nitrogens with one attached hydrogen (secondary N) is 1. The summed E-state index contributed by atoms with van der Waals surface area (Å²) in [7, 11) is 0. The van der Waals surface area contributed by atoms with Crippen molar-refractivity contribution in [2.24, 2.45) is 0 Å². The van der Waals surface area contributed by atoms with Crippen molar-refractivity contribution in [3.05, 3.63) is 40.2 Å². The van der Waals surface area contributed by atoms with Gasteiger partial charge in [-0.15, -0.1) is 11.3 Å². The van der Waals surface area contributed by atoms with Gasteiger partial charge in [-0.1, -0.05) is 0 Å². The molecule has 18 heavy (non-hydrogen) atoms. The van der Waals surface area contributed by atoms with E-state index in [1.807, 2.05) is 12.4 Å². The minimum absolute atomic E-state index is 0.214. The van der Waals surface area contributed by atoms with Gasteiger partial charge in [0, 0.05) is 17.5 Å². The standard InChI is InChI=1S/C13H18N2O2S/c1-9(6-11(16)12-4-3-5-17-12)14-7-13-10(2)15-8-18-13/h3-5,8-9,11,14,16H,6-7H2,1-2H3/t9-,11-/m0/s1. The predicted octanol–water partition coefficient (Wildman–Crippen LogP) is 2.65. The first-order chi connectivity index (χ1) is 8.66. The number of furan rings is 1. The van der Waals surface area contributed by atoms with Gasteiger partial charge in [-0.05, 0) is 32.4 Å². The van der Waals surface area contributed by atoms with Gasteiger partial charge >= 0.3 is 0 Å². The number of hydrogen-bond donors (Lipinski definition) is 2. The van der Waals surface area contributed by atoms with Crippen molar-refractivity contribution < 1.29 is 9.52 Å². The number of rotatable bonds is 6. The molecule has 0 aliphatic rings. The Kier molecular flexibility index (Phi) is 4.52. The number of thiazole rings is 1. The lowest BCUT2D eigenvalue weighted by Crippen LogP contribution is -2.27. The van der Waals surface area contributed by atoms with E-state index < -0.39 is 6.10 Å². The molecule has 5 heteroatoms. The third-order valence-corrected chi connectivity index (χ3v) is 3.84. The van der Waals surface area contributed by atoms with Gasteiger partial charge in [-0.25, -0.2) is 4.98 Å². The molecule has 0 fully saturated rings. The molecular formula is C13H18N2O2S. The molecule has 2 N–H and O–H groups in total. The van der Waals surface area contributed by atoms with Crippen LogP contribution in [-0.2, 0) is 6.54 Å². The summed E-state index contributed by atoms with van der Waals surface area (Å²) in [5.74, 6) is 0.623. The highest BCUT2D eigenvalue weighted by molar-refractivity contribution is 7.09. The van der Waals surface area contributed by atoms with Crippen molar-refractivity contribution in [3.63, 3.8) is 0 Å². The van der Waals surface area contributed by atoms with Crippen molar-refractivity contribution in [1.29, 1.82) is 0 Å². The molecule has 0 radical (unpaired) electrons. The van der Waals surface area contributed by atoms with Crippen molar-refractivity contribution in [2.45, 2.75) is 39.0 Å². The number of hydrogen-bond acceptors (Lipinski definition) is 5. The Hall–Kier alpha value is -1.17. The smallest absolute Gasteiger partial charge is 0.132 e. The van der Waals surface area contributed by atoms with Crippen LogP contribution in [0, 0.1) is 6.92 Å². The summed E-state index contributed by atoms with van der Waals surface area (Å²) in [6, 6.07) is 3.80. The number of aromatic nitrogens is 1. The van der Waals surface area contributed by atoms with Crippen molar-refractivity contribution in [2.75, 3.05) is 0 Å². The van der Waals surface area contributed by atoms with E-state index in [9.17, 15) is 5.11 Å². The third kappa shape index (κ3) is 3.41. The Morgan fingerprint density at radius 1 is 1.56 bits per heavy atom. The lowest BCUT2D eigenvalue weighted by atomic mass is 10.1. The van der Waals surface area contributed by atoms with Crippen LogP contribution in [0.3, 0.4) is 0 Å². The Morgan fingerprint density at radius 3 is 3.00 bits per heavy atom. The lowest BCUT2D eigenvalue weighted by molar-refractivity contribution is 0.128. The maximum atomic E-state index is 9.95. The minimum Gasteiger partial charge on any atom is -0.467 e. The quantitative estimate of drug-likeness (QED) is 0.844. The van der Waals surface area contributed by atoms with E-state index in [0.717, 1.165) is 12.2 Å². The molecule has 0 unspecified atom stereocenters. The highest BCUT2D eigenvalue weighted by Gasteiger charge is 2.14. The van der Waals surface area contributed by atoms with Gasteiger partial charge in [-0.2, -0.15) is 0 Å². The molecule has 98 valence electrons. The van der Waals surface area contributed by atoms with Gasteiger partial charge in [0.1, 0.15) is 11.9 Å². The second-order valence-electron chi connectivity index (χ2n) is 4.41. The molecule has 0 bridgehead atoms. The van der Waals surface area contributed by atoms with Crippen molar-refractivity contribution >= 4 is 11.3 Å². The number of aliphatic hydroxyl groups excluding tert-OH is 1. The van der Waals surface area contributed by atoms with Crippen LogP contribution in [0.1, 0.15) is 35.8 Å². The summed E-state index contributed by atoms with van der Waals surface area (Å²) in [5, 5.41) is 13.3. The zero-order valence-electron chi connectivity index (χ0n) is 10.6. The van der Waals surface area contributed by atoms with Gasteiger partial charge in [0.05, 0.1) is 17.5 Å². The van der Waals surface area contributed by atoms with Gasteiger partial charge in [0.2, 0.25) is 0 Å². The molecule has 0 saturated carbocycles. The first-order valence-corrected chi connectivity index (χ1v) is 6.88. The van der Waals surface area contributed by atoms with E-state index in [1.54, 1.807) is 29.7 Å². The second kappa shape index (κ2) is 6.13. The number of aliphatic hydroxyl groups is 1. The molecule has 0 amide bonds. The lowest BCUT2D eigenvalue weighted by Gasteiger charge is -2.16. The fourth-order valence-electron chi connectivity index (χ4n) is 1.78. The molecule has 0 aromatic carbocycles. The monoisotopic (exact) mass is 266 g/mol. The molecule has 4 nitrogen and oxygen atoms in total. The Labute approximate surface area is 111 Å². The Morgan fingerprint density at radius 2 is 2.39 bits per heavy atom. The predicted molar refractivity (Wildman–Crippen MR) is 71.4 cm³/mol. The fourth-order valence-corrected chi connectivity index (χ4v) is 2.51. The largest absolute Gasteiger partial charge is 0.467 e. The number of aryl methyl sites for hydroxylation is 1. The van der Waals surface area contributed by atoms with E-state index in [1.165, 1.54) is 4.88 Å². The van der Waals surface area contributed by atoms with Crippen molar-refractivity contribution in [3.8, 4) is 0 Å². The van der Waals surface area contributed by atoms with E-state index in [2.05, 4.69) is 17.2 Å². The molecule has 2 atom stereocenters. The molecule has 0 aliphatic carbocycles. The Bertz CT molecular complexity index is 467. The van der Waals surface area contributed by atoms with Gasteiger partial charge in [0.15, 0.2) is 0 Å². The normalized spacial score (nSPS) is 14.6. The fraction of sp³-hybridized carbons (Fsp3) is 0.462. The van der Waals surface area contributed by atoms with E-state index in [-0.39, 0.29) is 6.04 Å². The molecule has 0 saturated heterocycles. The third-order valence-electron chi connectivity index (χ3n) is 2.90. The highest BCUT2D eigenvalue weighted by atomic mass is 32.1. The van der Waals surface area contributed by atoms with Crippen LogP contribution in [0.2, 0.25) is 0 Å². The minimum atomic E-state index is -0.551. The zero-order valence-corrected chi connectivity index (χ0v) is 11.4. The van der Waals surface area contributed by atoms with Crippen LogP contribution in [0.15, 0.2) is 28.3 Å². The molecule has 2 aromatic rings. The summed E-state index contributed by atoms with van der Waals surface area (Å²) in [6.07, 6.45) is 1.66. The van der Waals surface area contributed by atoms with Crippen LogP contribution in [0.4, 0.5) is 0 Å². The van der Waals surface area contributed by atoms with Crippen LogP contribution in [-0.4, -0.2) is 16.1 Å². The zero-order chi connectivity index (χ0) is 13.0. The SMILES string of the molecule is Cc1ncsc1CN[C@@H](C)C[C@H](O)c1ccco1. The maximum absolute atomic E-state index is 9.95. The van der Waals surface area contributed by atoms with E-state index >= 15 is 0 Å². The summed E-state index contributed by atoms with van der Waals surface area (Å²) >= 11 is 1.65. The Balaban J connectivity index is 1.79. The van der Waals surface area contributed by atoms with E-state index in [4.69, 9.17) is 4.42 Å². The van der Waals surface area contributed by atoms with Gasteiger partial charge in [-0.3, -0.25) is 0 Å². The van der Waals surface area contributed by atoms with Crippen molar-refractivity contribution in [1.82, 2.24) is 10.3 Å². The summed E-state index contributed by atoms with van der Waals surface area (Å²) in [6.45, 7) is 4.86. The first-order valence-electron chi connectivity index (χ1n) is 6.00. The summed E-state index contributed by atoms with van der Waals surface area (Å²) in [4.78, 5) is 5.46. The molecular weight excluding hydrogens is 248 g/mol. The highest BCUT2D eigenvalue weighted by Crippen LogP contribution is 2.19. The van der Waals surface area contributed by atoms with Crippen LogP contribution in [0.25, 0.3) is 0 Å². The summed E-state index contributed by atoms with van der Waals surface area (Å²) < 4.78 is 5.18. The van der Waals surface area contributed by atoms with E-state index in [0.29, 0.717) is 12.2 Å². The number of nitrogens with zero attached hydrogens (tertiary/aromatic N) is 1. The van der Waals surface area contributed by atoms with Gasteiger partial charge in [0.25, 0.3) is 0 Å². The first kappa shape index (κ1) is 13.3. The molecule has 2 heterocycles. The molecule has 2 rings (SSSR count). The maximum Gasteiger partial charge on any atom is 0.132 e. The molecule has 0 spiro atoms. The summed E-state index contributed by atoms with van der Waals surface area (Å²) in [5.41, 5.74) is 2.93. The molecule has 0 aliphatic heterocycles. The van der Waals surface area contributed by atoms with Crippen LogP contribution < -0.4 is 5.32 Å². The van der Waals surface area contributed by atoms with Crippen LogP contribution >= 0.6 is 11.3 Å².